The van der Waals surface area contributed by atoms with E-state index >= 15 is 0 Å². The highest BCUT2D eigenvalue weighted by Gasteiger charge is 2.20. The second-order valence-electron chi connectivity index (χ2n) is 5.92. The van der Waals surface area contributed by atoms with Crippen molar-refractivity contribution in [1.82, 2.24) is 0 Å². The molecule has 5 heteroatoms. The largest absolute Gasteiger partial charge is 0.556 e. The van der Waals surface area contributed by atoms with Gasteiger partial charge in [-0.1, -0.05) is 43.7 Å². The molecule has 132 valence electrons. The molecule has 1 atom stereocenters. The van der Waals surface area contributed by atoms with Gasteiger partial charge in [-0.05, 0) is 41.7 Å². The third-order valence-corrected chi connectivity index (χ3v) is 4.72. The maximum atomic E-state index is 12.0. The van der Waals surface area contributed by atoms with E-state index in [9.17, 15) is 9.36 Å². The molecule has 1 unspecified atom stereocenters. The van der Waals surface area contributed by atoms with Gasteiger partial charge in [0.25, 0.3) is 0 Å². The fraction of sp³-hybridized carbons (Fsp3) is 0.350. The van der Waals surface area contributed by atoms with Gasteiger partial charge in [-0.15, -0.1) is 0 Å². The SMILES string of the molecule is CCCC[P+](=O)Oc1ccccc1COc1ccc(CC(C)=O)cc1. The molecular weight excluding hydrogens is 335 g/mol. The summed E-state index contributed by atoms with van der Waals surface area (Å²) in [6, 6.07) is 15.0. The van der Waals surface area contributed by atoms with Crippen molar-refractivity contribution in [2.24, 2.45) is 0 Å². The Balaban J connectivity index is 1.96. The van der Waals surface area contributed by atoms with E-state index in [-0.39, 0.29) is 5.78 Å². The molecule has 2 aromatic carbocycles. The number of benzene rings is 2. The average molecular weight is 359 g/mol. The predicted octanol–water partition coefficient (Wildman–Crippen LogP) is 5.32. The van der Waals surface area contributed by atoms with Gasteiger partial charge in [0.05, 0.1) is 0 Å². The van der Waals surface area contributed by atoms with Crippen LogP contribution in [0, 0.1) is 0 Å². The van der Waals surface area contributed by atoms with Crippen LogP contribution in [-0.2, 0) is 22.4 Å². The maximum absolute atomic E-state index is 12.0. The van der Waals surface area contributed by atoms with Gasteiger partial charge in [-0.25, -0.2) is 0 Å². The molecule has 0 N–H and O–H groups in total. The van der Waals surface area contributed by atoms with Crippen molar-refractivity contribution in [3.05, 3.63) is 59.7 Å². The maximum Gasteiger partial charge on any atom is 0.556 e. The van der Waals surface area contributed by atoms with Crippen molar-refractivity contribution in [1.29, 1.82) is 0 Å². The Morgan fingerprint density at radius 1 is 1.08 bits per heavy atom. The van der Waals surface area contributed by atoms with Crippen molar-refractivity contribution < 1.29 is 18.6 Å². The fourth-order valence-corrected chi connectivity index (χ4v) is 3.37. The minimum absolute atomic E-state index is 0.136. The number of hydrogen-bond donors (Lipinski definition) is 0. The Morgan fingerprint density at radius 3 is 2.48 bits per heavy atom. The highest BCUT2D eigenvalue weighted by atomic mass is 31.1. The van der Waals surface area contributed by atoms with E-state index in [1.165, 1.54) is 0 Å². The number of ketones is 1. The lowest BCUT2D eigenvalue weighted by molar-refractivity contribution is -0.116. The first-order valence-corrected chi connectivity index (χ1v) is 9.86. The number of para-hydroxylation sites is 1. The minimum Gasteiger partial charge on any atom is -0.489 e. The number of unbranched alkanes of at least 4 members (excludes halogenated alkanes) is 1. The molecule has 0 bridgehead atoms. The molecule has 0 amide bonds. The van der Waals surface area contributed by atoms with Gasteiger partial charge in [0.1, 0.15) is 18.1 Å². The van der Waals surface area contributed by atoms with Crippen molar-refractivity contribution in [2.45, 2.75) is 39.7 Å². The molecule has 4 nitrogen and oxygen atoms in total. The molecule has 0 spiro atoms. The third kappa shape index (κ3) is 6.67. The molecule has 0 saturated heterocycles. The lowest BCUT2D eigenvalue weighted by Crippen LogP contribution is -1.99. The van der Waals surface area contributed by atoms with Crippen LogP contribution >= 0.6 is 8.03 Å². The summed E-state index contributed by atoms with van der Waals surface area (Å²) in [5.41, 5.74) is 1.83. The highest BCUT2D eigenvalue weighted by Crippen LogP contribution is 2.31. The zero-order valence-electron chi connectivity index (χ0n) is 14.7. The van der Waals surface area contributed by atoms with Crippen molar-refractivity contribution in [3.8, 4) is 11.5 Å². The first-order valence-electron chi connectivity index (χ1n) is 8.50. The molecular formula is C20H24O4P+. The smallest absolute Gasteiger partial charge is 0.489 e. The summed E-state index contributed by atoms with van der Waals surface area (Å²) in [7, 11) is -1.69. The summed E-state index contributed by atoms with van der Waals surface area (Å²) in [5, 5.41) is 0. The summed E-state index contributed by atoms with van der Waals surface area (Å²) >= 11 is 0. The van der Waals surface area contributed by atoms with Gasteiger partial charge in [-0.2, -0.15) is 0 Å². The molecule has 25 heavy (non-hydrogen) atoms. The van der Waals surface area contributed by atoms with Crippen LogP contribution in [-0.4, -0.2) is 11.9 Å². The average Bonchev–Trinajstić information content (AvgIpc) is 2.60. The van der Waals surface area contributed by atoms with Crippen LogP contribution in [0.1, 0.15) is 37.8 Å². The first kappa shape index (κ1) is 19.1. The van der Waals surface area contributed by atoms with Crippen LogP contribution in [0.15, 0.2) is 48.5 Å². The predicted molar refractivity (Wildman–Crippen MR) is 99.6 cm³/mol. The van der Waals surface area contributed by atoms with Gasteiger partial charge in [0.2, 0.25) is 0 Å². The molecule has 0 fully saturated rings. The number of carbonyl (C=O) groups is 1. The summed E-state index contributed by atoms with van der Waals surface area (Å²) in [5.74, 6) is 1.46. The van der Waals surface area contributed by atoms with Gasteiger partial charge >= 0.3 is 8.03 Å². The molecule has 0 aliphatic carbocycles. The molecule has 0 aliphatic rings. The van der Waals surface area contributed by atoms with Crippen LogP contribution in [0.3, 0.4) is 0 Å². The fourth-order valence-electron chi connectivity index (χ4n) is 2.31. The monoisotopic (exact) mass is 359 g/mol. The summed E-state index contributed by atoms with van der Waals surface area (Å²) in [6.07, 6.45) is 2.88. The molecule has 0 saturated carbocycles. The molecule has 0 aliphatic heterocycles. The van der Waals surface area contributed by atoms with Crippen LogP contribution in [0.4, 0.5) is 0 Å². The summed E-state index contributed by atoms with van der Waals surface area (Å²) < 4.78 is 23.4. The first-order chi connectivity index (χ1) is 12.1. The van der Waals surface area contributed by atoms with E-state index in [2.05, 4.69) is 6.92 Å². The number of carbonyl (C=O) groups excluding carboxylic acids is 1. The van der Waals surface area contributed by atoms with Gasteiger partial charge in [0.15, 0.2) is 11.9 Å². The topological polar surface area (TPSA) is 52.6 Å². The van der Waals surface area contributed by atoms with Crippen LogP contribution in [0.25, 0.3) is 0 Å². The lowest BCUT2D eigenvalue weighted by Gasteiger charge is -2.08. The molecule has 2 aromatic rings. The zero-order valence-corrected chi connectivity index (χ0v) is 15.6. The van der Waals surface area contributed by atoms with Crippen LogP contribution in [0.5, 0.6) is 11.5 Å². The number of rotatable bonds is 10. The second kappa shape index (κ2) is 9.95. The molecule has 0 heterocycles. The van der Waals surface area contributed by atoms with E-state index in [1.54, 1.807) is 6.92 Å². The lowest BCUT2D eigenvalue weighted by atomic mass is 10.1. The van der Waals surface area contributed by atoms with Crippen molar-refractivity contribution in [3.63, 3.8) is 0 Å². The standard InChI is InChI=1S/C20H24O4P/c1-3-4-13-25(22)24-20-8-6-5-7-18(20)15-23-19-11-9-17(10-12-19)14-16(2)21/h5-12H,3-4,13-15H2,1-2H3/q+1. The number of ether oxygens (including phenoxy) is 1. The van der Waals surface area contributed by atoms with Crippen LogP contribution < -0.4 is 9.26 Å². The quantitative estimate of drug-likeness (QED) is 0.539. The number of Topliss-reactive ketones (excluding diaryl/α,β-unsaturated/α-hetero) is 1. The van der Waals surface area contributed by atoms with Gasteiger partial charge < -0.3 is 4.74 Å². The van der Waals surface area contributed by atoms with E-state index in [4.69, 9.17) is 9.26 Å². The Morgan fingerprint density at radius 2 is 1.80 bits per heavy atom. The Hall–Kier alpha value is -2.19. The van der Waals surface area contributed by atoms with Crippen molar-refractivity contribution >= 4 is 13.8 Å². The molecule has 0 radical (unpaired) electrons. The van der Waals surface area contributed by atoms with Gasteiger partial charge in [0, 0.05) is 12.0 Å². The minimum atomic E-state index is -1.69. The van der Waals surface area contributed by atoms with E-state index in [0.29, 0.717) is 24.9 Å². The van der Waals surface area contributed by atoms with E-state index in [1.807, 2.05) is 48.5 Å². The Labute approximate surface area is 150 Å². The highest BCUT2D eigenvalue weighted by molar-refractivity contribution is 7.39. The molecule has 2 rings (SSSR count). The Kier molecular flexibility index (Phi) is 7.62. The third-order valence-electron chi connectivity index (χ3n) is 3.64. The molecule has 0 aromatic heterocycles. The Bertz CT molecular complexity index is 710. The van der Waals surface area contributed by atoms with Crippen LogP contribution in [0.2, 0.25) is 0 Å². The normalized spacial score (nSPS) is 11.0. The van der Waals surface area contributed by atoms with E-state index < -0.39 is 8.03 Å². The van der Waals surface area contributed by atoms with E-state index in [0.717, 1.165) is 29.7 Å². The van der Waals surface area contributed by atoms with Gasteiger partial charge in [-0.3, -0.25) is 9.32 Å². The summed E-state index contributed by atoms with van der Waals surface area (Å²) in [4.78, 5) is 11.1. The number of hydrogen-bond acceptors (Lipinski definition) is 4. The second-order valence-corrected chi connectivity index (χ2v) is 7.22. The summed E-state index contributed by atoms with van der Waals surface area (Å²) in [6.45, 7) is 3.97. The van der Waals surface area contributed by atoms with Crippen molar-refractivity contribution in [2.75, 3.05) is 6.16 Å². The zero-order chi connectivity index (χ0) is 18.1.